The van der Waals surface area contributed by atoms with Gasteiger partial charge in [-0.3, -0.25) is 4.79 Å². The summed E-state index contributed by atoms with van der Waals surface area (Å²) in [6.45, 7) is 1.07. The van der Waals surface area contributed by atoms with Crippen molar-refractivity contribution in [1.82, 2.24) is 10.6 Å². The Labute approximate surface area is 117 Å². The minimum atomic E-state index is -0.937. The molecule has 3 N–H and O–H groups in total. The van der Waals surface area contributed by atoms with Gasteiger partial charge in [-0.2, -0.15) is 0 Å². The molecule has 0 aromatic heterocycles. The minimum absolute atomic E-state index is 0.0353. The summed E-state index contributed by atoms with van der Waals surface area (Å²) in [5, 5.41) is 14.7. The number of hydrogen-bond acceptors (Lipinski definition) is 4. The predicted octanol–water partition coefficient (Wildman–Crippen LogP) is -0.0473. The average Bonchev–Trinajstić information content (AvgIpc) is 2.95. The number of carboxylic acid groups (broad SMARTS) is 1. The molecule has 3 fully saturated rings. The monoisotopic (exact) mass is 284 g/mol. The van der Waals surface area contributed by atoms with Crippen LogP contribution in [0.15, 0.2) is 0 Å². The second-order valence-corrected chi connectivity index (χ2v) is 5.77. The van der Waals surface area contributed by atoms with Gasteiger partial charge in [0.2, 0.25) is 0 Å². The molecule has 0 aromatic rings. The van der Waals surface area contributed by atoms with Crippen LogP contribution in [0, 0.1) is 11.8 Å². The zero-order chi connectivity index (χ0) is 14.1. The van der Waals surface area contributed by atoms with Crippen molar-refractivity contribution < 1.29 is 24.2 Å². The number of hydrogen-bond donors (Lipinski definition) is 3. The largest absolute Gasteiger partial charge is 0.481 e. The van der Waals surface area contributed by atoms with Gasteiger partial charge in [0.15, 0.2) is 0 Å². The highest BCUT2D eigenvalue weighted by atomic mass is 16.5. The van der Waals surface area contributed by atoms with Gasteiger partial charge in [-0.25, -0.2) is 4.79 Å². The zero-order valence-electron chi connectivity index (χ0n) is 11.2. The second kappa shape index (κ2) is 5.57. The molecule has 0 radical (unpaired) electrons. The van der Waals surface area contributed by atoms with Crippen LogP contribution in [0.1, 0.15) is 19.3 Å². The molecule has 3 rings (SSSR count). The summed E-state index contributed by atoms with van der Waals surface area (Å²) in [5.41, 5.74) is 0. The van der Waals surface area contributed by atoms with Gasteiger partial charge >= 0.3 is 12.0 Å². The number of ether oxygens (including phenoxy) is 2. The lowest BCUT2D eigenvalue weighted by atomic mass is 10.0. The van der Waals surface area contributed by atoms with Crippen LogP contribution in [0.4, 0.5) is 4.79 Å². The molecule has 3 aliphatic rings. The normalized spacial score (nSPS) is 36.8. The van der Waals surface area contributed by atoms with Gasteiger partial charge in [-0.05, 0) is 25.2 Å². The third kappa shape index (κ3) is 2.88. The molecule has 2 aliphatic heterocycles. The van der Waals surface area contributed by atoms with E-state index in [-0.39, 0.29) is 31.4 Å². The molecule has 7 nitrogen and oxygen atoms in total. The highest BCUT2D eigenvalue weighted by Gasteiger charge is 2.42. The average molecular weight is 284 g/mol. The molecule has 2 saturated heterocycles. The first-order valence-corrected chi connectivity index (χ1v) is 7.14. The summed E-state index contributed by atoms with van der Waals surface area (Å²) in [6.07, 6.45) is 3.28. The number of carbonyl (C=O) groups excluding carboxylic acids is 1. The molecule has 2 amide bonds. The molecule has 112 valence electrons. The molecule has 0 bridgehead atoms. The van der Waals surface area contributed by atoms with Crippen LogP contribution in [0.5, 0.6) is 0 Å². The van der Waals surface area contributed by atoms with Crippen LogP contribution in [0.3, 0.4) is 0 Å². The lowest BCUT2D eigenvalue weighted by Gasteiger charge is -2.22. The topological polar surface area (TPSA) is 96.9 Å². The number of urea groups is 1. The fraction of sp³-hybridized carbons (Fsp3) is 0.846. The maximum atomic E-state index is 12.0. The van der Waals surface area contributed by atoms with Crippen LogP contribution < -0.4 is 10.6 Å². The Balaban J connectivity index is 1.50. The highest BCUT2D eigenvalue weighted by molar-refractivity contribution is 5.77. The van der Waals surface area contributed by atoms with E-state index in [1.54, 1.807) is 0 Å². The van der Waals surface area contributed by atoms with E-state index in [9.17, 15) is 9.59 Å². The van der Waals surface area contributed by atoms with E-state index in [2.05, 4.69) is 10.6 Å². The van der Waals surface area contributed by atoms with Gasteiger partial charge in [-0.15, -0.1) is 0 Å². The first-order chi connectivity index (χ1) is 9.65. The highest BCUT2D eigenvalue weighted by Crippen LogP contribution is 2.38. The molecule has 7 heteroatoms. The van der Waals surface area contributed by atoms with Crippen molar-refractivity contribution in [3.63, 3.8) is 0 Å². The lowest BCUT2D eigenvalue weighted by molar-refractivity contribution is -0.142. The van der Waals surface area contributed by atoms with E-state index in [4.69, 9.17) is 14.6 Å². The quantitative estimate of drug-likeness (QED) is 0.672. The molecule has 1 saturated carbocycles. The molecule has 2 heterocycles. The molecule has 0 spiro atoms. The first-order valence-electron chi connectivity index (χ1n) is 7.14. The number of carbonyl (C=O) groups is 2. The van der Waals surface area contributed by atoms with Gasteiger partial charge in [0.05, 0.1) is 31.4 Å². The van der Waals surface area contributed by atoms with Gasteiger partial charge < -0.3 is 25.2 Å². The Morgan fingerprint density at radius 1 is 1.05 bits per heavy atom. The molecule has 1 aliphatic carbocycles. The Bertz CT molecular complexity index is 398. The van der Waals surface area contributed by atoms with Crippen LogP contribution >= 0.6 is 0 Å². The van der Waals surface area contributed by atoms with Crippen molar-refractivity contribution in [2.24, 2.45) is 11.8 Å². The third-order valence-electron chi connectivity index (χ3n) is 4.25. The van der Waals surface area contributed by atoms with E-state index < -0.39 is 17.9 Å². The fourth-order valence-corrected chi connectivity index (χ4v) is 2.97. The Hall–Kier alpha value is -1.34. The smallest absolute Gasteiger partial charge is 0.315 e. The second-order valence-electron chi connectivity index (χ2n) is 5.77. The summed E-state index contributed by atoms with van der Waals surface area (Å²) < 4.78 is 10.8. The fourth-order valence-electron chi connectivity index (χ4n) is 2.97. The van der Waals surface area contributed by atoms with Crippen molar-refractivity contribution >= 4 is 12.0 Å². The number of carboxylic acids is 1. The number of rotatable bonds is 4. The minimum Gasteiger partial charge on any atom is -0.481 e. The van der Waals surface area contributed by atoms with E-state index >= 15 is 0 Å². The SMILES string of the molecule is O=C(NC1COCC1C(=O)O)NC1CCOC1C1CC1. The van der Waals surface area contributed by atoms with Crippen molar-refractivity contribution in [3.8, 4) is 0 Å². The van der Waals surface area contributed by atoms with Crippen molar-refractivity contribution in [2.45, 2.75) is 37.5 Å². The summed E-state index contributed by atoms with van der Waals surface area (Å²) in [7, 11) is 0. The van der Waals surface area contributed by atoms with Crippen LogP contribution in [-0.2, 0) is 14.3 Å². The van der Waals surface area contributed by atoms with E-state index in [0.717, 1.165) is 6.42 Å². The van der Waals surface area contributed by atoms with Gasteiger partial charge in [0, 0.05) is 6.61 Å². The van der Waals surface area contributed by atoms with E-state index in [0.29, 0.717) is 12.5 Å². The van der Waals surface area contributed by atoms with E-state index in [1.807, 2.05) is 0 Å². The van der Waals surface area contributed by atoms with Gasteiger partial charge in [0.1, 0.15) is 5.92 Å². The molecular formula is C13H20N2O5. The van der Waals surface area contributed by atoms with Crippen LogP contribution in [-0.4, -0.2) is 55.1 Å². The molecule has 20 heavy (non-hydrogen) atoms. The van der Waals surface area contributed by atoms with Crippen molar-refractivity contribution in [1.29, 1.82) is 0 Å². The van der Waals surface area contributed by atoms with Crippen LogP contribution in [0.25, 0.3) is 0 Å². The summed E-state index contributed by atoms with van der Waals surface area (Å²) in [4.78, 5) is 23.0. The van der Waals surface area contributed by atoms with Crippen molar-refractivity contribution in [2.75, 3.05) is 19.8 Å². The summed E-state index contributed by atoms with van der Waals surface area (Å²) >= 11 is 0. The standard InChI is InChI=1S/C13H20N2O5/c16-12(17)8-5-19-6-10(8)15-13(18)14-9-3-4-20-11(9)7-1-2-7/h7-11H,1-6H2,(H,16,17)(H2,14,15,18). The zero-order valence-corrected chi connectivity index (χ0v) is 11.2. The van der Waals surface area contributed by atoms with E-state index in [1.165, 1.54) is 12.8 Å². The van der Waals surface area contributed by atoms with Crippen LogP contribution in [0.2, 0.25) is 0 Å². The number of nitrogens with one attached hydrogen (secondary N) is 2. The number of amides is 2. The Morgan fingerprint density at radius 3 is 2.50 bits per heavy atom. The molecule has 4 unspecified atom stereocenters. The van der Waals surface area contributed by atoms with Gasteiger partial charge in [0.25, 0.3) is 0 Å². The third-order valence-corrected chi connectivity index (χ3v) is 4.25. The molecular weight excluding hydrogens is 264 g/mol. The lowest BCUT2D eigenvalue weighted by Crippen LogP contribution is -2.51. The van der Waals surface area contributed by atoms with Crippen molar-refractivity contribution in [3.05, 3.63) is 0 Å². The summed E-state index contributed by atoms with van der Waals surface area (Å²) in [6, 6.07) is -0.754. The summed E-state index contributed by atoms with van der Waals surface area (Å²) in [5.74, 6) is -1.03. The first kappa shape index (κ1) is 13.6. The maximum Gasteiger partial charge on any atom is 0.315 e. The number of aliphatic carboxylic acids is 1. The molecule has 0 aromatic carbocycles. The maximum absolute atomic E-state index is 12.0. The van der Waals surface area contributed by atoms with Gasteiger partial charge in [-0.1, -0.05) is 0 Å². The Kier molecular flexibility index (Phi) is 3.80. The Morgan fingerprint density at radius 2 is 1.80 bits per heavy atom. The molecule has 4 atom stereocenters. The predicted molar refractivity (Wildman–Crippen MR) is 68.3 cm³/mol.